The minimum absolute atomic E-state index is 0.0909. The summed E-state index contributed by atoms with van der Waals surface area (Å²) in [4.78, 5) is 15.2. The van der Waals surface area contributed by atoms with Gasteiger partial charge in [0.15, 0.2) is 11.9 Å². The van der Waals surface area contributed by atoms with Gasteiger partial charge in [0.1, 0.15) is 18.3 Å². The van der Waals surface area contributed by atoms with Gasteiger partial charge in [-0.2, -0.15) is 0 Å². The maximum Gasteiger partial charge on any atom is 0.288 e. The van der Waals surface area contributed by atoms with E-state index in [1.54, 1.807) is 41.1 Å². The van der Waals surface area contributed by atoms with Crippen molar-refractivity contribution in [3.8, 4) is 0 Å². The Kier molecular flexibility index (Phi) is 4.12. The molecule has 0 bridgehead atoms. The topological polar surface area (TPSA) is 129 Å². The lowest BCUT2D eigenvalue weighted by atomic mass is 10.1. The summed E-state index contributed by atoms with van der Waals surface area (Å²) in [5.41, 5.74) is 0.791. The molecule has 4 heterocycles. The van der Waals surface area contributed by atoms with E-state index in [0.717, 1.165) is 0 Å². The van der Waals surface area contributed by atoms with Crippen molar-refractivity contribution >= 4 is 16.7 Å². The number of hydrogen-bond donors (Lipinski definition) is 2. The van der Waals surface area contributed by atoms with Gasteiger partial charge in [-0.15, -0.1) is 0 Å². The Labute approximate surface area is 164 Å². The van der Waals surface area contributed by atoms with Gasteiger partial charge in [-0.1, -0.05) is 30.3 Å². The highest BCUT2D eigenvalue weighted by molar-refractivity contribution is 5.86. The Balaban J connectivity index is 1.68. The number of aliphatic hydroxyl groups excluding tert-OH is 2. The molecule has 0 spiro atoms. The maximum atomic E-state index is 11.4. The average molecular weight is 399 g/mol. The molecule has 0 saturated carbocycles. The van der Waals surface area contributed by atoms with Gasteiger partial charge in [0, 0.05) is 24.0 Å². The summed E-state index contributed by atoms with van der Waals surface area (Å²) in [6, 6.07) is 11.9. The SMILES string of the molecule is O=[N+]([O-])c1ccnc2c1ccn2[C@]1(c2ccccc2)O[C@H]2O[C@H](CO)[C@@H](O)[C@H]2O1. The number of nitrogens with zero attached hydrogens (tertiary/aromatic N) is 3. The second-order valence-electron chi connectivity index (χ2n) is 6.87. The summed E-state index contributed by atoms with van der Waals surface area (Å²) in [7, 11) is 0. The molecule has 2 aliphatic heterocycles. The van der Waals surface area contributed by atoms with Crippen molar-refractivity contribution in [3.63, 3.8) is 0 Å². The van der Waals surface area contributed by atoms with Crippen LogP contribution in [0.25, 0.3) is 11.0 Å². The Bertz CT molecular complexity index is 1070. The number of fused-ring (bicyclic) bond motifs is 2. The summed E-state index contributed by atoms with van der Waals surface area (Å²) < 4.78 is 19.5. The third-order valence-electron chi connectivity index (χ3n) is 5.26. The van der Waals surface area contributed by atoms with Crippen LogP contribution in [-0.4, -0.2) is 55.9 Å². The number of nitro groups is 1. The molecular formula is C19H17N3O7. The van der Waals surface area contributed by atoms with Crippen LogP contribution >= 0.6 is 0 Å². The minimum Gasteiger partial charge on any atom is -0.394 e. The fraction of sp³-hybridized carbons (Fsp3) is 0.316. The van der Waals surface area contributed by atoms with Gasteiger partial charge < -0.3 is 19.7 Å². The standard InChI is InChI=1S/C19H17N3O7/c23-10-14-15(24)16-18(27-14)29-19(28-16,11-4-2-1-3-5-11)21-9-7-12-13(22(25)26)6-8-20-17(12)21/h1-9,14-16,18,23-24H,10H2/t14-,15-,16-,18-,19+/m1/s1. The van der Waals surface area contributed by atoms with Gasteiger partial charge in [0.25, 0.3) is 11.6 Å². The largest absolute Gasteiger partial charge is 0.394 e. The van der Waals surface area contributed by atoms with Gasteiger partial charge in [-0.25, -0.2) is 4.98 Å². The number of aromatic nitrogens is 2. The molecule has 0 radical (unpaired) electrons. The summed E-state index contributed by atoms with van der Waals surface area (Å²) >= 11 is 0. The molecule has 10 nitrogen and oxygen atoms in total. The van der Waals surface area contributed by atoms with E-state index in [2.05, 4.69) is 4.98 Å². The molecule has 0 unspecified atom stereocenters. The summed E-state index contributed by atoms with van der Waals surface area (Å²) in [6.07, 6.45) is -0.770. The van der Waals surface area contributed by atoms with Crippen molar-refractivity contribution in [3.05, 3.63) is 70.5 Å². The quantitative estimate of drug-likeness (QED) is 0.493. The highest BCUT2D eigenvalue weighted by Gasteiger charge is 2.59. The highest BCUT2D eigenvalue weighted by atomic mass is 16.9. The summed E-state index contributed by atoms with van der Waals surface area (Å²) in [5.74, 6) is -1.55. The third kappa shape index (κ3) is 2.58. The van der Waals surface area contributed by atoms with Crippen LogP contribution in [0, 0.1) is 10.1 Å². The molecule has 150 valence electrons. The van der Waals surface area contributed by atoms with Gasteiger partial charge in [0.2, 0.25) is 0 Å². The van der Waals surface area contributed by atoms with E-state index >= 15 is 0 Å². The molecule has 0 amide bonds. The number of pyridine rings is 1. The first-order valence-corrected chi connectivity index (χ1v) is 9.01. The Hall–Kier alpha value is -2.89. The molecule has 0 aliphatic carbocycles. The number of benzene rings is 1. The van der Waals surface area contributed by atoms with Gasteiger partial charge in [0.05, 0.1) is 16.9 Å². The van der Waals surface area contributed by atoms with E-state index in [4.69, 9.17) is 14.2 Å². The molecule has 2 aromatic heterocycles. The fourth-order valence-corrected chi connectivity index (χ4v) is 3.90. The van der Waals surface area contributed by atoms with Crippen molar-refractivity contribution in [2.45, 2.75) is 30.5 Å². The molecule has 3 aromatic rings. The molecule has 2 fully saturated rings. The first-order valence-electron chi connectivity index (χ1n) is 9.01. The van der Waals surface area contributed by atoms with Crippen molar-refractivity contribution < 1.29 is 29.3 Å². The number of ether oxygens (including phenoxy) is 3. The second-order valence-corrected chi connectivity index (χ2v) is 6.87. The molecule has 2 saturated heterocycles. The normalized spacial score (nSPS) is 31.2. The van der Waals surface area contributed by atoms with Crippen molar-refractivity contribution in [1.29, 1.82) is 0 Å². The third-order valence-corrected chi connectivity index (χ3v) is 5.26. The number of aliphatic hydroxyl groups is 2. The van der Waals surface area contributed by atoms with Crippen molar-refractivity contribution in [2.24, 2.45) is 0 Å². The Morgan fingerprint density at radius 2 is 2.00 bits per heavy atom. The lowest BCUT2D eigenvalue weighted by molar-refractivity contribution is -0.383. The summed E-state index contributed by atoms with van der Waals surface area (Å²) in [6.45, 7) is -0.376. The molecule has 1 aromatic carbocycles. The first kappa shape index (κ1) is 18.2. The summed E-state index contributed by atoms with van der Waals surface area (Å²) in [5, 5.41) is 31.6. The van der Waals surface area contributed by atoms with Crippen LogP contribution in [0.3, 0.4) is 0 Å². The molecule has 2 N–H and O–H groups in total. The fourth-order valence-electron chi connectivity index (χ4n) is 3.90. The average Bonchev–Trinajstić information content (AvgIpc) is 3.41. The van der Waals surface area contributed by atoms with E-state index in [1.807, 2.05) is 6.07 Å². The van der Waals surface area contributed by atoms with Crippen molar-refractivity contribution in [1.82, 2.24) is 9.55 Å². The molecular weight excluding hydrogens is 382 g/mol. The second kappa shape index (κ2) is 6.58. The molecule has 5 atom stereocenters. The van der Waals surface area contributed by atoms with Crippen molar-refractivity contribution in [2.75, 3.05) is 6.61 Å². The zero-order valence-corrected chi connectivity index (χ0v) is 15.0. The Morgan fingerprint density at radius 1 is 1.21 bits per heavy atom. The Morgan fingerprint density at radius 3 is 2.69 bits per heavy atom. The smallest absolute Gasteiger partial charge is 0.288 e. The van der Waals surface area contributed by atoms with E-state index < -0.39 is 35.4 Å². The van der Waals surface area contributed by atoms with Crippen LogP contribution in [0.5, 0.6) is 0 Å². The maximum absolute atomic E-state index is 11.4. The number of rotatable bonds is 4. The lowest BCUT2D eigenvalue weighted by Gasteiger charge is -2.32. The van der Waals surface area contributed by atoms with E-state index in [-0.39, 0.29) is 17.9 Å². The van der Waals surface area contributed by atoms with Gasteiger partial charge >= 0.3 is 0 Å². The zero-order chi connectivity index (χ0) is 20.2. The predicted molar refractivity (Wildman–Crippen MR) is 97.6 cm³/mol. The molecule has 5 rings (SSSR count). The van der Waals surface area contributed by atoms with Crippen LogP contribution < -0.4 is 0 Å². The van der Waals surface area contributed by atoms with E-state index in [9.17, 15) is 20.3 Å². The molecule has 10 heteroatoms. The van der Waals surface area contributed by atoms with Crippen LogP contribution in [0.1, 0.15) is 5.56 Å². The first-order chi connectivity index (χ1) is 14.0. The van der Waals surface area contributed by atoms with E-state index in [0.29, 0.717) is 10.9 Å². The molecule has 29 heavy (non-hydrogen) atoms. The minimum atomic E-state index is -1.55. The molecule has 2 aliphatic rings. The van der Waals surface area contributed by atoms with Gasteiger partial charge in [-0.05, 0) is 6.07 Å². The lowest BCUT2D eigenvalue weighted by Crippen LogP contribution is -2.41. The van der Waals surface area contributed by atoms with E-state index in [1.165, 1.54) is 12.3 Å². The number of hydrogen-bond acceptors (Lipinski definition) is 8. The predicted octanol–water partition coefficient (Wildman–Crippen LogP) is 1.10. The van der Waals surface area contributed by atoms with Crippen LogP contribution in [0.2, 0.25) is 0 Å². The zero-order valence-electron chi connectivity index (χ0n) is 15.0. The van der Waals surface area contributed by atoms with Gasteiger partial charge in [-0.3, -0.25) is 19.4 Å². The monoisotopic (exact) mass is 399 g/mol. The van der Waals surface area contributed by atoms with Crippen LogP contribution in [-0.2, 0) is 20.1 Å². The van der Waals surface area contributed by atoms with Crippen LogP contribution in [0.15, 0.2) is 54.9 Å². The highest BCUT2D eigenvalue weighted by Crippen LogP contribution is 2.46. The van der Waals surface area contributed by atoms with Crippen LogP contribution in [0.4, 0.5) is 5.69 Å².